The molecule has 2 heterocycles. The third-order valence-electron chi connectivity index (χ3n) is 8.30. The predicted octanol–water partition coefficient (Wildman–Crippen LogP) is 3.94. The largest absolute Gasteiger partial charge is 0.393 e. The van der Waals surface area contributed by atoms with Crippen molar-refractivity contribution in [3.8, 4) is 0 Å². The van der Waals surface area contributed by atoms with Crippen molar-refractivity contribution in [2.24, 2.45) is 0 Å². The van der Waals surface area contributed by atoms with Gasteiger partial charge in [-0.3, -0.25) is 9.36 Å². The van der Waals surface area contributed by atoms with Gasteiger partial charge in [-0.2, -0.15) is 0 Å². The van der Waals surface area contributed by atoms with Gasteiger partial charge in [-0.15, -0.1) is 0 Å². The summed E-state index contributed by atoms with van der Waals surface area (Å²) < 4.78 is 38.7. The average Bonchev–Trinajstić information content (AvgIpc) is 3.42. The third kappa shape index (κ3) is 8.14. The molecule has 47 heavy (non-hydrogen) atoms. The van der Waals surface area contributed by atoms with Crippen molar-refractivity contribution in [3.05, 3.63) is 140 Å². The number of aliphatic hydroxyl groups excluding tert-OH is 1. The lowest BCUT2D eigenvalue weighted by molar-refractivity contribution is -0.236. The highest BCUT2D eigenvalue weighted by atomic mass is 16.7. The minimum atomic E-state index is -1.47. The highest BCUT2D eigenvalue weighted by molar-refractivity contribution is 5.17. The molecule has 0 amide bonds. The molecule has 250 valence electrons. The van der Waals surface area contributed by atoms with Crippen molar-refractivity contribution < 1.29 is 33.5 Å². The number of aliphatic hydroxyl groups is 1. The van der Waals surface area contributed by atoms with Gasteiger partial charge in [-0.1, -0.05) is 91.0 Å². The predicted molar refractivity (Wildman–Crippen MR) is 173 cm³/mol. The first kappa shape index (κ1) is 34.4. The van der Waals surface area contributed by atoms with E-state index in [4.69, 9.17) is 28.4 Å². The number of methoxy groups -OCH3 is 1. The van der Waals surface area contributed by atoms with E-state index in [-0.39, 0.29) is 53.0 Å². The summed E-state index contributed by atoms with van der Waals surface area (Å²) in [6.45, 7) is 1.39. The van der Waals surface area contributed by atoms with Crippen LogP contribution < -0.4 is 11.2 Å². The molecule has 11 nitrogen and oxygen atoms in total. The lowest BCUT2D eigenvalue weighted by Gasteiger charge is -2.42. The molecule has 1 aromatic heterocycles. The Kier molecular flexibility index (Phi) is 11.9. The maximum Gasteiger partial charge on any atom is 0.335 e. The van der Waals surface area contributed by atoms with Gasteiger partial charge in [0.05, 0.1) is 39.6 Å². The first-order valence-electron chi connectivity index (χ1n) is 15.5. The fourth-order valence-corrected chi connectivity index (χ4v) is 5.75. The molecule has 1 saturated heterocycles. The maximum atomic E-state index is 13.9. The second kappa shape index (κ2) is 16.2. The van der Waals surface area contributed by atoms with Crippen molar-refractivity contribution >= 4 is 0 Å². The van der Waals surface area contributed by atoms with Crippen LogP contribution in [0.15, 0.2) is 107 Å². The monoisotopic (exact) mass is 646 g/mol. The Labute approximate surface area is 273 Å². The smallest absolute Gasteiger partial charge is 0.335 e. The van der Waals surface area contributed by atoms with Gasteiger partial charge in [0, 0.05) is 25.3 Å². The molecule has 11 heteroatoms. The molecule has 1 unspecified atom stereocenters. The minimum Gasteiger partial charge on any atom is -0.393 e. The molecule has 1 aliphatic rings. The SMILES string of the molecule is COCOCC1(OCc2ccccc2)C[C@H](n2cc(C)c(=O)n(COCc3ccccc3)c2=O)O[C@]1(CO)COCc1ccccc1. The van der Waals surface area contributed by atoms with E-state index < -0.39 is 35.3 Å². The van der Waals surface area contributed by atoms with Crippen molar-refractivity contribution in [1.29, 1.82) is 0 Å². The first-order valence-corrected chi connectivity index (χ1v) is 15.5. The molecule has 0 aliphatic carbocycles. The van der Waals surface area contributed by atoms with Crippen LogP contribution in [0.4, 0.5) is 0 Å². The van der Waals surface area contributed by atoms with Crippen LogP contribution in [-0.2, 0) is 55.0 Å². The number of ether oxygens (including phenoxy) is 6. The van der Waals surface area contributed by atoms with Crippen molar-refractivity contribution in [2.75, 3.05) is 33.7 Å². The Morgan fingerprint density at radius 2 is 1.38 bits per heavy atom. The topological polar surface area (TPSA) is 120 Å². The zero-order valence-electron chi connectivity index (χ0n) is 26.8. The van der Waals surface area contributed by atoms with Crippen molar-refractivity contribution in [1.82, 2.24) is 9.13 Å². The van der Waals surface area contributed by atoms with E-state index in [9.17, 15) is 14.7 Å². The number of benzene rings is 3. The summed E-state index contributed by atoms with van der Waals surface area (Å²) in [4.78, 5) is 27.0. The molecular formula is C36H42N2O9. The molecule has 0 bridgehead atoms. The van der Waals surface area contributed by atoms with Gasteiger partial charge >= 0.3 is 5.69 Å². The molecule has 4 aromatic rings. The van der Waals surface area contributed by atoms with Crippen molar-refractivity contribution in [2.45, 2.75) is 57.3 Å². The second-order valence-electron chi connectivity index (χ2n) is 11.6. The van der Waals surface area contributed by atoms with Crippen molar-refractivity contribution in [3.63, 3.8) is 0 Å². The number of nitrogens with zero attached hydrogens (tertiary/aromatic N) is 2. The summed E-state index contributed by atoms with van der Waals surface area (Å²) in [5, 5.41) is 11.1. The lowest BCUT2D eigenvalue weighted by Crippen LogP contribution is -2.60. The average molecular weight is 647 g/mol. The van der Waals surface area contributed by atoms with E-state index >= 15 is 0 Å². The zero-order chi connectivity index (χ0) is 33.1. The van der Waals surface area contributed by atoms with Crippen LogP contribution in [0.3, 0.4) is 0 Å². The van der Waals surface area contributed by atoms with Crippen LogP contribution in [0.25, 0.3) is 0 Å². The quantitative estimate of drug-likeness (QED) is 0.134. The maximum absolute atomic E-state index is 13.9. The summed E-state index contributed by atoms with van der Waals surface area (Å²) in [7, 11) is 1.51. The normalized spacial score (nSPS) is 20.9. The van der Waals surface area contributed by atoms with E-state index in [1.807, 2.05) is 91.0 Å². The minimum absolute atomic E-state index is 0.0316. The molecule has 0 spiro atoms. The molecule has 3 atom stereocenters. The summed E-state index contributed by atoms with van der Waals surface area (Å²) >= 11 is 0. The fourth-order valence-electron chi connectivity index (χ4n) is 5.75. The van der Waals surface area contributed by atoms with Crippen LogP contribution in [0.5, 0.6) is 0 Å². The molecular weight excluding hydrogens is 604 g/mol. The number of hydrogen-bond acceptors (Lipinski definition) is 9. The fraction of sp³-hybridized carbons (Fsp3) is 0.389. The Morgan fingerprint density at radius 3 is 1.96 bits per heavy atom. The molecule has 1 aliphatic heterocycles. The van der Waals surface area contributed by atoms with E-state index in [0.717, 1.165) is 21.3 Å². The number of aromatic nitrogens is 2. The van der Waals surface area contributed by atoms with Crippen LogP contribution in [0.2, 0.25) is 0 Å². The highest BCUT2D eigenvalue weighted by Crippen LogP contribution is 2.47. The Balaban J connectivity index is 1.48. The first-order chi connectivity index (χ1) is 22.9. The van der Waals surface area contributed by atoms with Gasteiger partial charge in [-0.25, -0.2) is 9.36 Å². The Morgan fingerprint density at radius 1 is 0.809 bits per heavy atom. The Hall–Kier alpha value is -3.94. The van der Waals surface area contributed by atoms with Gasteiger partial charge in [-0.05, 0) is 23.6 Å². The lowest BCUT2D eigenvalue weighted by atomic mass is 9.83. The number of aryl methyl sites for hydroxylation is 1. The highest BCUT2D eigenvalue weighted by Gasteiger charge is 2.62. The molecule has 0 radical (unpaired) electrons. The van der Waals surface area contributed by atoms with Gasteiger partial charge in [0.25, 0.3) is 5.56 Å². The molecule has 3 aromatic carbocycles. The van der Waals surface area contributed by atoms with Crippen LogP contribution in [-0.4, -0.2) is 59.2 Å². The zero-order valence-corrected chi connectivity index (χ0v) is 26.8. The molecule has 1 N–H and O–H groups in total. The van der Waals surface area contributed by atoms with Crippen LogP contribution in [0.1, 0.15) is 34.9 Å². The summed E-state index contributed by atoms with van der Waals surface area (Å²) in [5.74, 6) is 0. The van der Waals surface area contributed by atoms with Gasteiger partial charge in [0.15, 0.2) is 0 Å². The second-order valence-corrected chi connectivity index (χ2v) is 11.6. The van der Waals surface area contributed by atoms with Gasteiger partial charge in [0.2, 0.25) is 0 Å². The summed E-state index contributed by atoms with van der Waals surface area (Å²) in [6.07, 6.45) is 0.622. The van der Waals surface area contributed by atoms with Crippen LogP contribution in [0, 0.1) is 6.92 Å². The number of rotatable bonds is 17. The molecule has 1 fully saturated rings. The van der Waals surface area contributed by atoms with Gasteiger partial charge < -0.3 is 33.5 Å². The van der Waals surface area contributed by atoms with E-state index in [0.29, 0.717) is 5.56 Å². The van der Waals surface area contributed by atoms with E-state index in [1.54, 1.807) is 6.92 Å². The standard InChI is InChI=1S/C36H42N2O9/c1-28-19-37(34(41)38(33(28)40)26-44-21-30-14-8-4-9-15-30)32-18-35(24-45-27-42-2,46-22-31-16-10-5-11-17-31)36(23-39,47-32)25-43-20-29-12-6-3-7-13-29/h3-17,19,32,39H,18,20-27H2,1-2H3/t32-,35?,36-/m1/s1. The molecule has 0 saturated carbocycles. The summed E-state index contributed by atoms with van der Waals surface area (Å²) in [6, 6.07) is 28.7. The number of hydrogen-bond donors (Lipinski definition) is 1. The van der Waals surface area contributed by atoms with E-state index in [2.05, 4.69) is 0 Å². The van der Waals surface area contributed by atoms with E-state index in [1.165, 1.54) is 17.9 Å². The third-order valence-corrected chi connectivity index (χ3v) is 8.30. The Bertz CT molecular complexity index is 1660. The van der Waals surface area contributed by atoms with Crippen LogP contribution >= 0.6 is 0 Å². The molecule has 5 rings (SSSR count). The summed E-state index contributed by atoms with van der Waals surface area (Å²) in [5.41, 5.74) is -0.772. The van der Waals surface area contributed by atoms with Gasteiger partial charge in [0.1, 0.15) is 31.0 Å².